The second-order valence-electron chi connectivity index (χ2n) is 7.59. The molecule has 2 aliphatic heterocycles. The predicted octanol–water partition coefficient (Wildman–Crippen LogP) is 2.65. The number of hydrogen-bond donors (Lipinski definition) is 0. The predicted molar refractivity (Wildman–Crippen MR) is 112 cm³/mol. The zero-order chi connectivity index (χ0) is 21.3. The summed E-state index contributed by atoms with van der Waals surface area (Å²) < 4.78 is 16.0. The Hall–Kier alpha value is -3.22. The molecular formula is C23H26N2O5. The molecule has 0 aliphatic carbocycles. The van der Waals surface area contributed by atoms with Crippen molar-refractivity contribution in [2.75, 3.05) is 39.3 Å². The first kappa shape index (κ1) is 20.1. The Kier molecular flexibility index (Phi) is 5.53. The highest BCUT2D eigenvalue weighted by molar-refractivity contribution is 6.01. The molecule has 0 spiro atoms. The summed E-state index contributed by atoms with van der Waals surface area (Å²) in [4.78, 5) is 29.4. The van der Waals surface area contributed by atoms with Gasteiger partial charge in [-0.05, 0) is 41.8 Å². The molecule has 2 aromatic rings. The van der Waals surface area contributed by atoms with Gasteiger partial charge in [-0.25, -0.2) is 0 Å². The van der Waals surface area contributed by atoms with Gasteiger partial charge in [-0.2, -0.15) is 0 Å². The number of carbonyl (C=O) groups is 2. The summed E-state index contributed by atoms with van der Waals surface area (Å²) in [7, 11) is 4.77. The highest BCUT2D eigenvalue weighted by Crippen LogP contribution is 2.36. The second kappa shape index (κ2) is 8.26. The van der Waals surface area contributed by atoms with Gasteiger partial charge in [0.1, 0.15) is 17.2 Å². The highest BCUT2D eigenvalue weighted by atomic mass is 16.5. The van der Waals surface area contributed by atoms with E-state index in [0.29, 0.717) is 36.8 Å². The van der Waals surface area contributed by atoms with Gasteiger partial charge in [0.2, 0.25) is 11.8 Å². The SMILES string of the molecule is COc1ccc2c(c1)CN(C(=O)C1CC(=O)N(c3ccc(OC)cc3OC)C1)CC2. The zero-order valence-electron chi connectivity index (χ0n) is 17.5. The molecule has 158 valence electrons. The Morgan fingerprint density at radius 3 is 2.43 bits per heavy atom. The molecule has 30 heavy (non-hydrogen) atoms. The maximum Gasteiger partial charge on any atom is 0.228 e. The lowest BCUT2D eigenvalue weighted by Gasteiger charge is -2.31. The van der Waals surface area contributed by atoms with E-state index in [1.54, 1.807) is 44.4 Å². The fourth-order valence-corrected chi connectivity index (χ4v) is 4.22. The molecule has 0 aromatic heterocycles. The Balaban J connectivity index is 1.50. The number of rotatable bonds is 5. The van der Waals surface area contributed by atoms with Gasteiger partial charge in [0, 0.05) is 32.1 Å². The average molecular weight is 410 g/mol. The van der Waals surface area contributed by atoms with Crippen LogP contribution in [0.15, 0.2) is 36.4 Å². The summed E-state index contributed by atoms with van der Waals surface area (Å²) >= 11 is 0. The van der Waals surface area contributed by atoms with Crippen molar-refractivity contribution in [1.29, 1.82) is 0 Å². The second-order valence-corrected chi connectivity index (χ2v) is 7.59. The van der Waals surface area contributed by atoms with E-state index in [2.05, 4.69) is 6.07 Å². The minimum Gasteiger partial charge on any atom is -0.497 e. The summed E-state index contributed by atoms with van der Waals surface area (Å²) in [6.45, 7) is 1.55. The van der Waals surface area contributed by atoms with Crippen LogP contribution in [0.3, 0.4) is 0 Å². The van der Waals surface area contributed by atoms with E-state index in [9.17, 15) is 9.59 Å². The number of fused-ring (bicyclic) bond motifs is 1. The molecule has 2 amide bonds. The minimum atomic E-state index is -0.364. The van der Waals surface area contributed by atoms with Crippen molar-refractivity contribution in [2.24, 2.45) is 5.92 Å². The van der Waals surface area contributed by atoms with Crippen LogP contribution in [-0.4, -0.2) is 51.1 Å². The first-order chi connectivity index (χ1) is 14.5. The fraction of sp³-hybridized carbons (Fsp3) is 0.391. The van der Waals surface area contributed by atoms with Gasteiger partial charge in [-0.3, -0.25) is 9.59 Å². The lowest BCUT2D eigenvalue weighted by atomic mass is 9.97. The van der Waals surface area contributed by atoms with Crippen LogP contribution in [0, 0.1) is 5.92 Å². The number of methoxy groups -OCH3 is 3. The molecule has 0 N–H and O–H groups in total. The van der Waals surface area contributed by atoms with Crippen LogP contribution in [-0.2, 0) is 22.6 Å². The van der Waals surface area contributed by atoms with Gasteiger partial charge in [-0.1, -0.05) is 6.07 Å². The van der Waals surface area contributed by atoms with Gasteiger partial charge in [-0.15, -0.1) is 0 Å². The van der Waals surface area contributed by atoms with Crippen molar-refractivity contribution < 1.29 is 23.8 Å². The summed E-state index contributed by atoms with van der Waals surface area (Å²) in [5.74, 6) is 1.57. The van der Waals surface area contributed by atoms with E-state index in [1.807, 2.05) is 17.0 Å². The number of hydrogen-bond acceptors (Lipinski definition) is 5. The summed E-state index contributed by atoms with van der Waals surface area (Å²) in [6, 6.07) is 11.3. The molecule has 0 radical (unpaired) electrons. The molecule has 7 heteroatoms. The third-order valence-corrected chi connectivity index (χ3v) is 5.89. The molecule has 0 bridgehead atoms. The number of carbonyl (C=O) groups excluding carboxylic acids is 2. The number of anilines is 1. The minimum absolute atomic E-state index is 0.0202. The monoisotopic (exact) mass is 410 g/mol. The Bertz CT molecular complexity index is 974. The molecule has 1 saturated heterocycles. The van der Waals surface area contributed by atoms with Crippen molar-refractivity contribution in [3.8, 4) is 17.2 Å². The number of benzene rings is 2. The topological polar surface area (TPSA) is 68.3 Å². The standard InChI is InChI=1S/C23H26N2O5/c1-28-18-5-4-15-8-9-24(13-16(15)10-18)23(27)17-11-22(26)25(14-17)20-7-6-19(29-2)12-21(20)30-3/h4-7,10,12,17H,8-9,11,13-14H2,1-3H3. The van der Waals surface area contributed by atoms with E-state index in [-0.39, 0.29) is 24.2 Å². The zero-order valence-corrected chi connectivity index (χ0v) is 17.5. The van der Waals surface area contributed by atoms with Gasteiger partial charge in [0.05, 0.1) is 32.9 Å². The van der Waals surface area contributed by atoms with Gasteiger partial charge in [0.15, 0.2) is 0 Å². The van der Waals surface area contributed by atoms with E-state index >= 15 is 0 Å². The van der Waals surface area contributed by atoms with Gasteiger partial charge in [0.25, 0.3) is 0 Å². The van der Waals surface area contributed by atoms with E-state index in [1.165, 1.54) is 5.56 Å². The number of nitrogens with zero attached hydrogens (tertiary/aromatic N) is 2. The molecular weight excluding hydrogens is 384 g/mol. The first-order valence-corrected chi connectivity index (χ1v) is 10.0. The molecule has 7 nitrogen and oxygen atoms in total. The van der Waals surface area contributed by atoms with Crippen LogP contribution >= 0.6 is 0 Å². The van der Waals surface area contributed by atoms with Crippen LogP contribution in [0.4, 0.5) is 5.69 Å². The largest absolute Gasteiger partial charge is 0.497 e. The molecule has 1 unspecified atom stereocenters. The summed E-state index contributed by atoms with van der Waals surface area (Å²) in [5, 5.41) is 0. The molecule has 1 atom stereocenters. The van der Waals surface area contributed by atoms with Crippen LogP contribution in [0.1, 0.15) is 17.5 Å². The van der Waals surface area contributed by atoms with Crippen molar-refractivity contribution >= 4 is 17.5 Å². The highest BCUT2D eigenvalue weighted by Gasteiger charge is 2.38. The molecule has 0 saturated carbocycles. The fourth-order valence-electron chi connectivity index (χ4n) is 4.22. The maximum absolute atomic E-state index is 13.2. The Labute approximate surface area is 176 Å². The van der Waals surface area contributed by atoms with Crippen molar-refractivity contribution in [1.82, 2.24) is 4.90 Å². The van der Waals surface area contributed by atoms with Crippen molar-refractivity contribution in [2.45, 2.75) is 19.4 Å². The molecule has 2 heterocycles. The van der Waals surface area contributed by atoms with E-state index in [4.69, 9.17) is 14.2 Å². The van der Waals surface area contributed by atoms with Crippen molar-refractivity contribution in [3.05, 3.63) is 47.5 Å². The normalized spacial score (nSPS) is 18.2. The third-order valence-electron chi connectivity index (χ3n) is 5.89. The summed E-state index contributed by atoms with van der Waals surface area (Å²) in [6.07, 6.45) is 1.01. The first-order valence-electron chi connectivity index (χ1n) is 10.0. The summed E-state index contributed by atoms with van der Waals surface area (Å²) in [5.41, 5.74) is 3.01. The lowest BCUT2D eigenvalue weighted by molar-refractivity contribution is -0.136. The van der Waals surface area contributed by atoms with Crippen molar-refractivity contribution in [3.63, 3.8) is 0 Å². The van der Waals surface area contributed by atoms with Crippen LogP contribution in [0.25, 0.3) is 0 Å². The van der Waals surface area contributed by atoms with Crippen LogP contribution < -0.4 is 19.1 Å². The van der Waals surface area contributed by atoms with E-state index < -0.39 is 0 Å². The molecule has 1 fully saturated rings. The maximum atomic E-state index is 13.2. The quantitative estimate of drug-likeness (QED) is 0.758. The number of ether oxygens (including phenoxy) is 3. The lowest BCUT2D eigenvalue weighted by Crippen LogP contribution is -2.40. The van der Waals surface area contributed by atoms with Crippen LogP contribution in [0.2, 0.25) is 0 Å². The smallest absolute Gasteiger partial charge is 0.228 e. The third kappa shape index (κ3) is 3.67. The Morgan fingerprint density at radius 2 is 1.70 bits per heavy atom. The molecule has 2 aliphatic rings. The average Bonchev–Trinajstić information content (AvgIpc) is 3.18. The molecule has 4 rings (SSSR count). The van der Waals surface area contributed by atoms with E-state index in [0.717, 1.165) is 17.7 Å². The van der Waals surface area contributed by atoms with Gasteiger partial charge >= 0.3 is 0 Å². The van der Waals surface area contributed by atoms with Crippen LogP contribution in [0.5, 0.6) is 17.2 Å². The molecule has 2 aromatic carbocycles. The Morgan fingerprint density at radius 1 is 0.967 bits per heavy atom. The van der Waals surface area contributed by atoms with Gasteiger partial charge < -0.3 is 24.0 Å². The number of amides is 2.